The molecule has 3 rings (SSSR count). The van der Waals surface area contributed by atoms with E-state index in [0.29, 0.717) is 5.69 Å². The van der Waals surface area contributed by atoms with Crippen molar-refractivity contribution in [1.82, 2.24) is 20.4 Å². The van der Waals surface area contributed by atoms with Gasteiger partial charge in [0.1, 0.15) is 11.4 Å². The third kappa shape index (κ3) is 5.56. The first-order chi connectivity index (χ1) is 13.7. The van der Waals surface area contributed by atoms with Crippen molar-refractivity contribution in [1.29, 1.82) is 0 Å². The molecule has 0 unspecified atom stereocenters. The van der Waals surface area contributed by atoms with E-state index >= 15 is 0 Å². The number of hydrogen-bond acceptors (Lipinski definition) is 4. The van der Waals surface area contributed by atoms with Crippen LogP contribution in [0.25, 0.3) is 5.69 Å². The molecule has 0 spiro atoms. The molecular formula is C21H27FN4O3. The zero-order valence-electron chi connectivity index (χ0n) is 17.0. The van der Waals surface area contributed by atoms with E-state index in [1.807, 2.05) is 0 Å². The summed E-state index contributed by atoms with van der Waals surface area (Å²) in [4.78, 5) is 24.8. The molecule has 2 N–H and O–H groups in total. The highest BCUT2D eigenvalue weighted by atomic mass is 19.1. The topological polar surface area (TPSA) is 85.3 Å². The van der Waals surface area contributed by atoms with Crippen LogP contribution < -0.4 is 10.6 Å². The van der Waals surface area contributed by atoms with Crippen LogP contribution in [0, 0.1) is 5.82 Å². The van der Waals surface area contributed by atoms with Crippen molar-refractivity contribution in [2.24, 2.45) is 0 Å². The summed E-state index contributed by atoms with van der Waals surface area (Å²) < 4.78 is 20.2. The number of rotatable bonds is 5. The number of nitrogens with zero attached hydrogens (tertiary/aromatic N) is 2. The van der Waals surface area contributed by atoms with Crippen molar-refractivity contribution in [2.45, 2.75) is 57.6 Å². The molecule has 8 heteroatoms. The molecule has 0 radical (unpaired) electrons. The van der Waals surface area contributed by atoms with E-state index in [0.717, 1.165) is 25.7 Å². The summed E-state index contributed by atoms with van der Waals surface area (Å²) in [5.41, 5.74) is -0.347. The number of amides is 2. The second-order valence-electron chi connectivity index (χ2n) is 8.42. The van der Waals surface area contributed by atoms with Gasteiger partial charge in [-0.1, -0.05) is 18.9 Å². The van der Waals surface area contributed by atoms with E-state index in [9.17, 15) is 14.0 Å². The maximum Gasteiger partial charge on any atom is 0.407 e. The van der Waals surface area contributed by atoms with Gasteiger partial charge < -0.3 is 15.4 Å². The number of benzene rings is 1. The molecule has 1 aromatic carbocycles. The van der Waals surface area contributed by atoms with E-state index < -0.39 is 17.2 Å². The fraction of sp³-hybridized carbons (Fsp3) is 0.476. The Bertz CT molecular complexity index is 882. The van der Waals surface area contributed by atoms with Crippen LogP contribution in [0.2, 0.25) is 0 Å². The first-order valence-electron chi connectivity index (χ1n) is 9.77. The fourth-order valence-corrected chi connectivity index (χ4v) is 3.47. The highest BCUT2D eigenvalue weighted by Gasteiger charge is 2.36. The van der Waals surface area contributed by atoms with Gasteiger partial charge in [0.15, 0.2) is 5.69 Å². The minimum absolute atomic E-state index is 0.234. The van der Waals surface area contributed by atoms with E-state index in [1.54, 1.807) is 45.2 Å². The van der Waals surface area contributed by atoms with Crippen molar-refractivity contribution in [3.63, 3.8) is 0 Å². The van der Waals surface area contributed by atoms with Gasteiger partial charge in [-0.25, -0.2) is 13.9 Å². The van der Waals surface area contributed by atoms with Gasteiger partial charge >= 0.3 is 6.09 Å². The minimum atomic E-state index is -0.583. The van der Waals surface area contributed by atoms with Gasteiger partial charge in [-0.15, -0.1) is 0 Å². The molecule has 2 aromatic rings. The van der Waals surface area contributed by atoms with Crippen LogP contribution in [-0.4, -0.2) is 39.5 Å². The molecule has 1 saturated carbocycles. The summed E-state index contributed by atoms with van der Waals surface area (Å²) in [5.74, 6) is -0.699. The molecule has 29 heavy (non-hydrogen) atoms. The lowest BCUT2D eigenvalue weighted by atomic mass is 9.97. The molecule has 0 aliphatic heterocycles. The molecule has 1 heterocycles. The summed E-state index contributed by atoms with van der Waals surface area (Å²) in [7, 11) is 0. The minimum Gasteiger partial charge on any atom is -0.444 e. The predicted molar refractivity (Wildman–Crippen MR) is 106 cm³/mol. The molecular weight excluding hydrogens is 375 g/mol. The summed E-state index contributed by atoms with van der Waals surface area (Å²) in [5, 5.41) is 10.1. The largest absolute Gasteiger partial charge is 0.444 e. The van der Waals surface area contributed by atoms with Crippen LogP contribution in [0.4, 0.5) is 9.18 Å². The maximum absolute atomic E-state index is 13.4. The average Bonchev–Trinajstić information content (AvgIpc) is 3.29. The van der Waals surface area contributed by atoms with Crippen molar-refractivity contribution < 1.29 is 18.7 Å². The molecule has 7 nitrogen and oxygen atoms in total. The molecule has 156 valence electrons. The lowest BCUT2D eigenvalue weighted by molar-refractivity contribution is 0.0504. The van der Waals surface area contributed by atoms with E-state index in [4.69, 9.17) is 4.74 Å². The van der Waals surface area contributed by atoms with Crippen LogP contribution in [0.15, 0.2) is 36.5 Å². The van der Waals surface area contributed by atoms with Crippen molar-refractivity contribution in [3.05, 3.63) is 48.0 Å². The number of halogens is 1. The zero-order chi connectivity index (χ0) is 21.1. The van der Waals surface area contributed by atoms with Crippen LogP contribution in [-0.2, 0) is 4.74 Å². The molecule has 1 aliphatic carbocycles. The highest BCUT2D eigenvalue weighted by Crippen LogP contribution is 2.29. The van der Waals surface area contributed by atoms with Crippen molar-refractivity contribution in [3.8, 4) is 5.69 Å². The van der Waals surface area contributed by atoms with Crippen molar-refractivity contribution in [2.75, 3.05) is 6.54 Å². The SMILES string of the molecule is CC(C)(C)OC(=O)NCC1(NC(=O)c2ccn(-c3cccc(F)c3)n2)CCCC1. The van der Waals surface area contributed by atoms with Crippen LogP contribution in [0.1, 0.15) is 56.9 Å². The Morgan fingerprint density at radius 2 is 1.97 bits per heavy atom. The second-order valence-corrected chi connectivity index (χ2v) is 8.42. The van der Waals surface area contributed by atoms with Crippen LogP contribution in [0.5, 0.6) is 0 Å². The van der Waals surface area contributed by atoms with Crippen LogP contribution in [0.3, 0.4) is 0 Å². The Morgan fingerprint density at radius 1 is 1.24 bits per heavy atom. The van der Waals surface area contributed by atoms with Gasteiger partial charge in [0.25, 0.3) is 5.91 Å². The molecule has 0 saturated heterocycles. The number of alkyl carbamates (subject to hydrolysis) is 1. The third-order valence-electron chi connectivity index (χ3n) is 4.80. The Hall–Kier alpha value is -2.90. The molecule has 2 amide bonds. The molecule has 1 fully saturated rings. The smallest absolute Gasteiger partial charge is 0.407 e. The third-order valence-corrected chi connectivity index (χ3v) is 4.80. The monoisotopic (exact) mass is 402 g/mol. The lowest BCUT2D eigenvalue weighted by Gasteiger charge is -2.31. The average molecular weight is 402 g/mol. The molecule has 1 aromatic heterocycles. The molecule has 0 bridgehead atoms. The summed E-state index contributed by atoms with van der Waals surface area (Å²) in [6.07, 6.45) is 4.57. The normalized spacial score (nSPS) is 15.7. The number of carbonyl (C=O) groups excluding carboxylic acids is 2. The quantitative estimate of drug-likeness (QED) is 0.801. The first kappa shape index (κ1) is 20.8. The fourth-order valence-electron chi connectivity index (χ4n) is 3.47. The number of carbonyl (C=O) groups is 2. The van der Waals surface area contributed by atoms with Crippen LogP contribution >= 0.6 is 0 Å². The van der Waals surface area contributed by atoms with E-state index in [1.165, 1.54) is 16.8 Å². The summed E-state index contributed by atoms with van der Waals surface area (Å²) >= 11 is 0. The Morgan fingerprint density at radius 3 is 2.62 bits per heavy atom. The van der Waals surface area contributed by atoms with Crippen molar-refractivity contribution >= 4 is 12.0 Å². The summed E-state index contributed by atoms with van der Waals surface area (Å²) in [6.45, 7) is 5.69. The number of ether oxygens (including phenoxy) is 1. The standard InChI is InChI=1S/C21H27FN4O3/c1-20(2,3)29-19(28)23-14-21(10-4-5-11-21)24-18(27)17-9-12-26(25-17)16-8-6-7-15(22)13-16/h6-9,12-13H,4-5,10-11,14H2,1-3H3,(H,23,28)(H,24,27). The van der Waals surface area contributed by atoms with Gasteiger partial charge in [0.2, 0.25) is 0 Å². The summed E-state index contributed by atoms with van der Waals surface area (Å²) in [6, 6.07) is 7.58. The van der Waals surface area contributed by atoms with E-state index in [2.05, 4.69) is 15.7 Å². The van der Waals surface area contributed by atoms with E-state index in [-0.39, 0.29) is 24.0 Å². The molecule has 0 atom stereocenters. The molecule has 1 aliphatic rings. The maximum atomic E-state index is 13.4. The Balaban J connectivity index is 1.66. The lowest BCUT2D eigenvalue weighted by Crippen LogP contribution is -2.54. The Labute approximate surface area is 169 Å². The van der Waals surface area contributed by atoms with Gasteiger partial charge in [0, 0.05) is 12.7 Å². The van der Waals surface area contributed by atoms with Gasteiger partial charge in [-0.3, -0.25) is 4.79 Å². The zero-order valence-corrected chi connectivity index (χ0v) is 17.0. The number of aromatic nitrogens is 2. The Kier molecular flexibility index (Phi) is 5.91. The number of hydrogen-bond donors (Lipinski definition) is 2. The second kappa shape index (κ2) is 8.23. The van der Waals surface area contributed by atoms with Gasteiger partial charge in [-0.05, 0) is 57.9 Å². The first-order valence-corrected chi connectivity index (χ1v) is 9.77. The number of nitrogens with one attached hydrogen (secondary N) is 2. The van der Waals surface area contributed by atoms with Gasteiger partial charge in [0.05, 0.1) is 11.2 Å². The van der Waals surface area contributed by atoms with Gasteiger partial charge in [-0.2, -0.15) is 5.10 Å². The predicted octanol–water partition coefficient (Wildman–Crippen LogP) is 3.58. The highest BCUT2D eigenvalue weighted by molar-refractivity contribution is 5.92.